The van der Waals surface area contributed by atoms with E-state index in [1.54, 1.807) is 0 Å². The minimum absolute atomic E-state index is 0.0391. The highest BCUT2D eigenvalue weighted by Crippen LogP contribution is 2.31. The van der Waals surface area contributed by atoms with Gasteiger partial charge in [-0.3, -0.25) is 0 Å². The first-order valence-electron chi connectivity index (χ1n) is 5.12. The first-order valence-corrected chi connectivity index (χ1v) is 7.09. The molecule has 1 heterocycles. The zero-order valence-electron chi connectivity index (χ0n) is 9.18. The molecule has 3 nitrogen and oxygen atoms in total. The molecule has 2 aromatic rings. The molecule has 17 heavy (non-hydrogen) atoms. The first kappa shape index (κ1) is 12.8. The molecule has 0 amide bonds. The van der Waals surface area contributed by atoms with Crippen molar-refractivity contribution in [3.05, 3.63) is 34.6 Å². The van der Waals surface area contributed by atoms with Crippen molar-refractivity contribution in [2.75, 3.05) is 0 Å². The minimum atomic E-state index is -0.0391. The maximum atomic E-state index is 9.02. The van der Waals surface area contributed by atoms with Gasteiger partial charge in [-0.05, 0) is 29.2 Å². The van der Waals surface area contributed by atoms with Gasteiger partial charge in [0, 0.05) is 16.3 Å². The number of aliphatic hydroxyl groups excluding tert-OH is 1. The Labute approximate surface area is 113 Å². The smallest absolute Gasteiger partial charge is 0.174 e. The van der Waals surface area contributed by atoms with Crippen LogP contribution >= 0.6 is 34.9 Å². The summed E-state index contributed by atoms with van der Waals surface area (Å²) in [6, 6.07) is 5.59. The summed E-state index contributed by atoms with van der Waals surface area (Å²) >= 11 is 8.95. The second kappa shape index (κ2) is 5.82. The molecule has 1 aromatic carbocycles. The third-order valence-corrected chi connectivity index (χ3v) is 4.30. The summed E-state index contributed by atoms with van der Waals surface area (Å²) in [6.07, 6.45) is 0.848. The average Bonchev–Trinajstić information content (AvgIpc) is 2.77. The van der Waals surface area contributed by atoms with Gasteiger partial charge < -0.3 is 5.11 Å². The number of aliphatic hydroxyl groups is 1. The first-order chi connectivity index (χ1) is 8.22. The van der Waals surface area contributed by atoms with Gasteiger partial charge >= 0.3 is 0 Å². The molecule has 90 valence electrons. The number of hydrogen-bond donors (Lipinski definition) is 1. The van der Waals surface area contributed by atoms with Crippen LogP contribution < -0.4 is 0 Å². The molecular weight excluding hydrogens is 276 g/mol. The van der Waals surface area contributed by atoms with Gasteiger partial charge in [-0.1, -0.05) is 36.4 Å². The number of benzene rings is 1. The van der Waals surface area contributed by atoms with E-state index in [-0.39, 0.29) is 6.61 Å². The van der Waals surface area contributed by atoms with Crippen molar-refractivity contribution in [2.45, 2.75) is 29.2 Å². The van der Waals surface area contributed by atoms with E-state index in [9.17, 15) is 0 Å². The second-order valence-electron chi connectivity index (χ2n) is 3.34. The fourth-order valence-electron chi connectivity index (χ4n) is 1.24. The molecule has 0 fully saturated rings. The summed E-state index contributed by atoms with van der Waals surface area (Å²) in [5.41, 5.74) is 0.738. The van der Waals surface area contributed by atoms with Crippen molar-refractivity contribution >= 4 is 34.9 Å². The SMILES string of the molecule is CCc1nsc(Sc2ccc(CO)c(Cl)c2)n1. The molecule has 2 rings (SSSR count). The lowest BCUT2D eigenvalue weighted by Gasteiger charge is -2.02. The van der Waals surface area contributed by atoms with E-state index in [1.807, 2.05) is 25.1 Å². The van der Waals surface area contributed by atoms with Crippen LogP contribution in [0.4, 0.5) is 0 Å². The van der Waals surface area contributed by atoms with Gasteiger partial charge in [0.25, 0.3) is 0 Å². The number of aryl methyl sites for hydroxylation is 1. The van der Waals surface area contributed by atoms with E-state index in [0.717, 1.165) is 27.0 Å². The molecule has 0 aliphatic heterocycles. The highest BCUT2D eigenvalue weighted by Gasteiger charge is 2.06. The van der Waals surface area contributed by atoms with Crippen LogP contribution in [-0.2, 0) is 13.0 Å². The third-order valence-electron chi connectivity index (χ3n) is 2.17. The lowest BCUT2D eigenvalue weighted by Crippen LogP contribution is -1.85. The standard InChI is InChI=1S/C11H11ClN2OS2/c1-2-10-13-11(17-14-10)16-8-4-3-7(6-15)9(12)5-8/h3-5,15H,2,6H2,1H3. The van der Waals surface area contributed by atoms with Crippen LogP contribution in [0.3, 0.4) is 0 Å². The minimum Gasteiger partial charge on any atom is -0.392 e. The lowest BCUT2D eigenvalue weighted by molar-refractivity contribution is 0.282. The van der Waals surface area contributed by atoms with Crippen molar-refractivity contribution in [2.24, 2.45) is 0 Å². The number of rotatable bonds is 4. The molecule has 1 N–H and O–H groups in total. The zero-order valence-corrected chi connectivity index (χ0v) is 11.6. The van der Waals surface area contributed by atoms with E-state index in [4.69, 9.17) is 16.7 Å². The summed E-state index contributed by atoms with van der Waals surface area (Å²) in [7, 11) is 0. The van der Waals surface area contributed by atoms with Crippen LogP contribution in [-0.4, -0.2) is 14.5 Å². The Hall–Kier alpha value is -0.620. The Balaban J connectivity index is 2.15. The molecule has 0 saturated carbocycles. The molecule has 0 aliphatic rings. The maximum Gasteiger partial charge on any atom is 0.174 e. The molecule has 0 aliphatic carbocycles. The molecular formula is C11H11ClN2OS2. The van der Waals surface area contributed by atoms with Crippen LogP contribution in [0, 0.1) is 0 Å². The highest BCUT2D eigenvalue weighted by molar-refractivity contribution is 8.01. The Morgan fingerprint density at radius 3 is 2.88 bits per heavy atom. The van der Waals surface area contributed by atoms with Gasteiger partial charge in [0.1, 0.15) is 5.82 Å². The molecule has 6 heteroatoms. The third kappa shape index (κ3) is 3.19. The van der Waals surface area contributed by atoms with Crippen LogP contribution in [0.25, 0.3) is 0 Å². The van der Waals surface area contributed by atoms with Gasteiger partial charge in [-0.25, -0.2) is 4.98 Å². The van der Waals surface area contributed by atoms with E-state index in [0.29, 0.717) is 5.02 Å². The fourth-order valence-corrected chi connectivity index (χ4v) is 3.26. The monoisotopic (exact) mass is 286 g/mol. The Kier molecular flexibility index (Phi) is 4.39. The maximum absolute atomic E-state index is 9.02. The number of nitrogens with zero attached hydrogens (tertiary/aromatic N) is 2. The number of aromatic nitrogens is 2. The van der Waals surface area contributed by atoms with Gasteiger partial charge in [0.15, 0.2) is 4.34 Å². The summed E-state index contributed by atoms with van der Waals surface area (Å²) in [5.74, 6) is 0.871. The molecule has 0 saturated heterocycles. The normalized spacial score (nSPS) is 10.8. The predicted molar refractivity (Wildman–Crippen MR) is 70.8 cm³/mol. The van der Waals surface area contributed by atoms with Crippen LogP contribution in [0.15, 0.2) is 27.4 Å². The quantitative estimate of drug-likeness (QED) is 0.936. The summed E-state index contributed by atoms with van der Waals surface area (Å²) in [4.78, 5) is 5.38. The van der Waals surface area contributed by atoms with Gasteiger partial charge in [-0.15, -0.1) is 0 Å². The van der Waals surface area contributed by atoms with Crippen molar-refractivity contribution < 1.29 is 5.11 Å². The Bertz CT molecular complexity index is 516. The lowest BCUT2D eigenvalue weighted by atomic mass is 10.2. The molecule has 0 radical (unpaired) electrons. The highest BCUT2D eigenvalue weighted by atomic mass is 35.5. The van der Waals surface area contributed by atoms with E-state index < -0.39 is 0 Å². The van der Waals surface area contributed by atoms with Crippen molar-refractivity contribution in [3.8, 4) is 0 Å². The van der Waals surface area contributed by atoms with E-state index in [1.165, 1.54) is 23.3 Å². The van der Waals surface area contributed by atoms with Crippen LogP contribution in [0.2, 0.25) is 5.02 Å². The average molecular weight is 287 g/mol. The Morgan fingerprint density at radius 2 is 2.29 bits per heavy atom. The molecule has 0 bridgehead atoms. The second-order valence-corrected chi connectivity index (χ2v) is 5.82. The van der Waals surface area contributed by atoms with E-state index in [2.05, 4.69) is 9.36 Å². The van der Waals surface area contributed by atoms with Crippen LogP contribution in [0.1, 0.15) is 18.3 Å². The van der Waals surface area contributed by atoms with Crippen molar-refractivity contribution in [3.63, 3.8) is 0 Å². The van der Waals surface area contributed by atoms with Crippen LogP contribution in [0.5, 0.6) is 0 Å². The molecule has 0 spiro atoms. The molecule has 1 aromatic heterocycles. The van der Waals surface area contributed by atoms with Crippen molar-refractivity contribution in [1.82, 2.24) is 9.36 Å². The van der Waals surface area contributed by atoms with Gasteiger partial charge in [0.2, 0.25) is 0 Å². The summed E-state index contributed by atoms with van der Waals surface area (Å²) < 4.78 is 5.14. The fraction of sp³-hybridized carbons (Fsp3) is 0.273. The Morgan fingerprint density at radius 1 is 1.47 bits per heavy atom. The van der Waals surface area contributed by atoms with Gasteiger partial charge in [-0.2, -0.15) is 4.37 Å². The summed E-state index contributed by atoms with van der Waals surface area (Å²) in [5, 5.41) is 9.60. The topological polar surface area (TPSA) is 46.0 Å². The molecule has 0 atom stereocenters. The number of halogens is 1. The van der Waals surface area contributed by atoms with E-state index >= 15 is 0 Å². The predicted octanol–water partition coefficient (Wildman–Crippen LogP) is 3.40. The molecule has 0 unspecified atom stereocenters. The van der Waals surface area contributed by atoms with Crippen molar-refractivity contribution in [1.29, 1.82) is 0 Å². The van der Waals surface area contributed by atoms with Gasteiger partial charge in [0.05, 0.1) is 6.61 Å². The number of hydrogen-bond acceptors (Lipinski definition) is 5. The summed E-state index contributed by atoms with van der Waals surface area (Å²) in [6.45, 7) is 1.99. The largest absolute Gasteiger partial charge is 0.392 e. The zero-order chi connectivity index (χ0) is 12.3.